The van der Waals surface area contributed by atoms with Crippen molar-refractivity contribution in [2.75, 3.05) is 0 Å². The summed E-state index contributed by atoms with van der Waals surface area (Å²) < 4.78 is 0. The van der Waals surface area contributed by atoms with Gasteiger partial charge in [-0.15, -0.1) is 0 Å². The van der Waals surface area contributed by atoms with Gasteiger partial charge in [0.05, 0.1) is 11.7 Å². The molecule has 3 aromatic rings. The average Bonchev–Trinajstić information content (AvgIpc) is 3.31. The van der Waals surface area contributed by atoms with Gasteiger partial charge in [-0.1, -0.05) is 43.6 Å². The van der Waals surface area contributed by atoms with Crippen molar-refractivity contribution in [3.63, 3.8) is 0 Å². The molecule has 2 heterocycles. The van der Waals surface area contributed by atoms with Crippen LogP contribution in [0.1, 0.15) is 59.6 Å². The predicted molar refractivity (Wildman–Crippen MR) is 115 cm³/mol. The first-order chi connectivity index (χ1) is 13.8. The topological polar surface area (TPSA) is 49.0 Å². The van der Waals surface area contributed by atoms with Crippen LogP contribution in [0.2, 0.25) is 5.02 Å². The number of nitrogens with one attached hydrogen (secondary N) is 1. The van der Waals surface area contributed by atoms with E-state index in [-0.39, 0.29) is 17.4 Å². The molecule has 0 radical (unpaired) electrons. The number of halogens is 1. The monoisotopic (exact) mass is 405 g/mol. The summed E-state index contributed by atoms with van der Waals surface area (Å²) in [7, 11) is 0. The minimum absolute atomic E-state index is 0.00829. The number of nitrogens with zero attached hydrogens (tertiary/aromatic N) is 2. The molecule has 5 rings (SSSR count). The van der Waals surface area contributed by atoms with Crippen LogP contribution in [0.5, 0.6) is 0 Å². The predicted octanol–water partition coefficient (Wildman–Crippen LogP) is 5.57. The van der Waals surface area contributed by atoms with E-state index in [0.29, 0.717) is 11.6 Å². The number of carbonyl (C=O) groups excluding carboxylic acids is 1. The lowest BCUT2D eigenvalue weighted by Crippen LogP contribution is -2.27. The molecule has 0 fully saturated rings. The van der Waals surface area contributed by atoms with Crippen LogP contribution in [0.25, 0.3) is 11.3 Å². The number of hydrogen-bond donors (Lipinski definition) is 1. The van der Waals surface area contributed by atoms with Crippen molar-refractivity contribution in [3.8, 4) is 11.3 Å². The van der Waals surface area contributed by atoms with Crippen molar-refractivity contribution in [1.29, 1.82) is 0 Å². The molecule has 0 saturated carbocycles. The van der Waals surface area contributed by atoms with Crippen LogP contribution < -0.4 is 0 Å². The third kappa shape index (κ3) is 3.06. The highest BCUT2D eigenvalue weighted by Crippen LogP contribution is 2.41. The van der Waals surface area contributed by atoms with Gasteiger partial charge < -0.3 is 4.90 Å². The maximum Gasteiger partial charge on any atom is 0.255 e. The van der Waals surface area contributed by atoms with Gasteiger partial charge in [0.1, 0.15) is 0 Å². The van der Waals surface area contributed by atoms with E-state index < -0.39 is 0 Å². The summed E-state index contributed by atoms with van der Waals surface area (Å²) >= 11 is 6.01. The summed E-state index contributed by atoms with van der Waals surface area (Å²) in [4.78, 5) is 15.0. The van der Waals surface area contributed by atoms with Gasteiger partial charge in [-0.05, 0) is 60.6 Å². The average molecular weight is 406 g/mol. The molecule has 0 bridgehead atoms. The van der Waals surface area contributed by atoms with E-state index in [0.717, 1.165) is 40.8 Å². The fourth-order valence-corrected chi connectivity index (χ4v) is 4.85. The minimum Gasteiger partial charge on any atom is -0.328 e. The van der Waals surface area contributed by atoms with E-state index in [1.165, 1.54) is 11.3 Å². The van der Waals surface area contributed by atoms with Crippen LogP contribution >= 0.6 is 11.6 Å². The van der Waals surface area contributed by atoms with Gasteiger partial charge in [-0.25, -0.2) is 0 Å². The molecule has 0 unspecified atom stereocenters. The smallest absolute Gasteiger partial charge is 0.255 e. The lowest BCUT2D eigenvalue weighted by atomic mass is 9.90. The van der Waals surface area contributed by atoms with Gasteiger partial charge in [-0.2, -0.15) is 5.10 Å². The molecule has 1 aliphatic carbocycles. The highest BCUT2D eigenvalue weighted by molar-refractivity contribution is 6.30. The summed E-state index contributed by atoms with van der Waals surface area (Å²) in [6.45, 7) is 7.27. The molecule has 1 N–H and O–H groups in total. The van der Waals surface area contributed by atoms with E-state index in [2.05, 4.69) is 37.0 Å². The van der Waals surface area contributed by atoms with Gasteiger partial charge in [0.25, 0.3) is 5.91 Å². The van der Waals surface area contributed by atoms with Crippen molar-refractivity contribution in [1.82, 2.24) is 15.1 Å². The first kappa shape index (κ1) is 18.4. The van der Waals surface area contributed by atoms with E-state index in [4.69, 9.17) is 11.6 Å². The first-order valence-corrected chi connectivity index (χ1v) is 10.5. The highest BCUT2D eigenvalue weighted by atomic mass is 35.5. The van der Waals surface area contributed by atoms with Crippen LogP contribution in [0.3, 0.4) is 0 Å². The third-order valence-electron chi connectivity index (χ3n) is 6.29. The molecule has 4 nitrogen and oxygen atoms in total. The van der Waals surface area contributed by atoms with Crippen LogP contribution in [-0.2, 0) is 19.4 Å². The number of aromatic nitrogens is 2. The van der Waals surface area contributed by atoms with E-state index in [1.807, 2.05) is 41.3 Å². The largest absolute Gasteiger partial charge is 0.328 e. The maximum atomic E-state index is 13.0. The van der Waals surface area contributed by atoms with E-state index in [9.17, 15) is 4.79 Å². The van der Waals surface area contributed by atoms with Crippen LogP contribution in [0.15, 0.2) is 42.5 Å². The molecule has 0 spiro atoms. The second-order valence-corrected chi connectivity index (χ2v) is 9.52. The Kier molecular flexibility index (Phi) is 4.11. The fourth-order valence-electron chi connectivity index (χ4n) is 4.72. The van der Waals surface area contributed by atoms with E-state index >= 15 is 0 Å². The quantitative estimate of drug-likeness (QED) is 0.619. The number of benzene rings is 2. The van der Waals surface area contributed by atoms with Crippen molar-refractivity contribution < 1.29 is 4.79 Å². The van der Waals surface area contributed by atoms with Gasteiger partial charge >= 0.3 is 0 Å². The lowest BCUT2D eigenvalue weighted by molar-refractivity contribution is 0.0716. The SMILES string of the molecule is C[C@H](c1ccc(Cl)cc1)N1Cc2cc(-c3n[nH]c4c3CC(C)(C)C4)ccc2C1=O. The molecule has 0 saturated heterocycles. The Morgan fingerprint density at radius 2 is 1.90 bits per heavy atom. The van der Waals surface area contributed by atoms with Gasteiger partial charge in [0.15, 0.2) is 0 Å². The normalized spacial score (nSPS) is 18.1. The van der Waals surface area contributed by atoms with Crippen LogP contribution in [-0.4, -0.2) is 21.0 Å². The standard InChI is InChI=1S/C24H24ClN3O/c1-14(15-4-7-18(25)8-5-15)28-13-17-10-16(6-9-19(17)23(28)29)22-20-11-24(2,3)12-21(20)26-27-22/h4-10,14H,11-13H2,1-3H3,(H,26,27)/t14-/m1/s1. The van der Waals surface area contributed by atoms with Crippen molar-refractivity contribution in [3.05, 3.63) is 75.4 Å². The Morgan fingerprint density at radius 3 is 2.66 bits per heavy atom. The molecule has 5 heteroatoms. The van der Waals surface area contributed by atoms with Gasteiger partial charge in [-0.3, -0.25) is 9.89 Å². The third-order valence-corrected chi connectivity index (χ3v) is 6.55. The van der Waals surface area contributed by atoms with Crippen molar-refractivity contribution in [2.24, 2.45) is 5.41 Å². The van der Waals surface area contributed by atoms with E-state index in [1.54, 1.807) is 0 Å². The minimum atomic E-state index is -0.00829. The van der Waals surface area contributed by atoms with Crippen LogP contribution in [0, 0.1) is 5.41 Å². The molecule has 1 atom stereocenters. The van der Waals surface area contributed by atoms with Gasteiger partial charge in [0.2, 0.25) is 0 Å². The highest BCUT2D eigenvalue weighted by Gasteiger charge is 2.34. The molecular weight excluding hydrogens is 382 g/mol. The number of H-pyrrole nitrogens is 1. The summed E-state index contributed by atoms with van der Waals surface area (Å²) in [6, 6.07) is 13.9. The number of carbonyl (C=O) groups is 1. The Bertz CT molecular complexity index is 1110. The molecule has 1 amide bonds. The molecule has 1 aromatic heterocycles. The molecule has 148 valence electrons. The number of rotatable bonds is 3. The zero-order chi connectivity index (χ0) is 20.3. The van der Waals surface area contributed by atoms with Crippen molar-refractivity contribution in [2.45, 2.75) is 46.2 Å². The summed E-state index contributed by atoms with van der Waals surface area (Å²) in [5.41, 5.74) is 7.92. The molecule has 29 heavy (non-hydrogen) atoms. The number of hydrogen-bond acceptors (Lipinski definition) is 2. The summed E-state index contributed by atoms with van der Waals surface area (Å²) in [5, 5.41) is 8.53. The zero-order valence-corrected chi connectivity index (χ0v) is 17.7. The lowest BCUT2D eigenvalue weighted by Gasteiger charge is -2.24. The first-order valence-electron chi connectivity index (χ1n) is 10.1. The maximum absolute atomic E-state index is 13.0. The second-order valence-electron chi connectivity index (χ2n) is 9.08. The zero-order valence-electron chi connectivity index (χ0n) is 16.9. The molecular formula is C24H24ClN3O. The van der Waals surface area contributed by atoms with Gasteiger partial charge in [0, 0.05) is 34.0 Å². The molecule has 2 aliphatic rings. The summed E-state index contributed by atoms with van der Waals surface area (Å²) in [6.07, 6.45) is 2.06. The fraction of sp³-hybridized carbons (Fsp3) is 0.333. The molecule has 1 aliphatic heterocycles. The van der Waals surface area contributed by atoms with Crippen molar-refractivity contribution >= 4 is 17.5 Å². The Morgan fingerprint density at radius 1 is 1.14 bits per heavy atom. The van der Waals surface area contributed by atoms with Crippen LogP contribution in [0.4, 0.5) is 0 Å². The Hall–Kier alpha value is -2.59. The Balaban J connectivity index is 1.45. The second kappa shape index (κ2) is 6.46. The number of aromatic amines is 1. The number of fused-ring (bicyclic) bond motifs is 2. The Labute approximate surface area is 175 Å². The molecule has 2 aromatic carbocycles. The number of amides is 1. The summed E-state index contributed by atoms with van der Waals surface area (Å²) in [5.74, 6) is 0.0855.